The molecule has 0 aliphatic carbocycles. The van der Waals surface area contributed by atoms with Crippen molar-refractivity contribution in [3.05, 3.63) is 54.1 Å². The fourth-order valence-corrected chi connectivity index (χ4v) is 3.30. The van der Waals surface area contributed by atoms with Gasteiger partial charge in [0.15, 0.2) is 0 Å². The number of rotatable bonds is 7. The van der Waals surface area contributed by atoms with Crippen LogP contribution < -0.4 is 15.1 Å². The molecule has 0 unspecified atom stereocenters. The highest BCUT2D eigenvalue weighted by Gasteiger charge is 2.19. The van der Waals surface area contributed by atoms with E-state index in [1.54, 1.807) is 12.4 Å². The van der Waals surface area contributed by atoms with Crippen LogP contribution in [0, 0.1) is 5.82 Å². The highest BCUT2D eigenvalue weighted by Crippen LogP contribution is 2.21. The van der Waals surface area contributed by atoms with E-state index < -0.39 is 0 Å². The van der Waals surface area contributed by atoms with Gasteiger partial charge in [-0.2, -0.15) is 0 Å². The maximum atomic E-state index is 13.1. The molecule has 6 nitrogen and oxygen atoms in total. The van der Waals surface area contributed by atoms with Crippen LogP contribution in [0.2, 0.25) is 0 Å². The summed E-state index contributed by atoms with van der Waals surface area (Å²) in [5, 5.41) is 2.95. The van der Waals surface area contributed by atoms with Crippen molar-refractivity contribution in [1.29, 1.82) is 0 Å². The predicted molar refractivity (Wildman–Crippen MR) is 111 cm³/mol. The molecule has 3 rings (SSSR count). The zero-order valence-corrected chi connectivity index (χ0v) is 16.6. The quantitative estimate of drug-likeness (QED) is 0.741. The summed E-state index contributed by atoms with van der Waals surface area (Å²) in [5.41, 5.74) is 2.58. The lowest BCUT2D eigenvalue weighted by molar-refractivity contribution is 0.0952. The average molecular weight is 385 g/mol. The van der Waals surface area contributed by atoms with Crippen molar-refractivity contribution in [3.63, 3.8) is 0 Å². The lowest BCUT2D eigenvalue weighted by Gasteiger charge is -2.37. The summed E-state index contributed by atoms with van der Waals surface area (Å²) in [6, 6.07) is 8.52. The summed E-state index contributed by atoms with van der Waals surface area (Å²) in [5.74, 6) is -0.302. The van der Waals surface area contributed by atoms with E-state index in [1.165, 1.54) is 12.1 Å². The van der Waals surface area contributed by atoms with E-state index in [9.17, 15) is 9.18 Å². The molecular weight excluding hydrogens is 357 g/mol. The molecule has 1 aliphatic heterocycles. The number of nitrogens with zero attached hydrogens (tertiary/aromatic N) is 4. The monoisotopic (exact) mass is 385 g/mol. The Bertz CT molecular complexity index is 773. The highest BCUT2D eigenvalue weighted by atomic mass is 19.1. The number of benzene rings is 1. The molecule has 0 saturated carbocycles. The molecule has 1 N–H and O–H groups in total. The number of aromatic nitrogens is 1. The molecule has 0 bridgehead atoms. The summed E-state index contributed by atoms with van der Waals surface area (Å²) >= 11 is 0. The van der Waals surface area contributed by atoms with Gasteiger partial charge >= 0.3 is 0 Å². The normalized spacial score (nSPS) is 14.4. The Kier molecular flexibility index (Phi) is 6.81. The van der Waals surface area contributed by atoms with Crippen LogP contribution >= 0.6 is 0 Å². The molecule has 2 heterocycles. The fourth-order valence-electron chi connectivity index (χ4n) is 3.30. The van der Waals surface area contributed by atoms with Gasteiger partial charge in [0, 0.05) is 44.6 Å². The van der Waals surface area contributed by atoms with Gasteiger partial charge in [0.1, 0.15) is 5.82 Å². The number of carbonyl (C=O) groups is 1. The second kappa shape index (κ2) is 9.50. The van der Waals surface area contributed by atoms with Gasteiger partial charge in [0.05, 0.1) is 17.4 Å². The SMILES string of the molecule is CN(C)CCCNC(=O)c1cncc(N2CCN(c3ccc(F)cc3)CC2)c1. The second-order valence-electron chi connectivity index (χ2n) is 7.30. The number of anilines is 2. The first-order valence-electron chi connectivity index (χ1n) is 9.66. The number of pyridine rings is 1. The van der Waals surface area contributed by atoms with E-state index in [0.717, 1.165) is 50.5 Å². The Hall–Kier alpha value is -2.67. The van der Waals surface area contributed by atoms with Crippen LogP contribution in [0.4, 0.5) is 15.8 Å². The van der Waals surface area contributed by atoms with Crippen molar-refractivity contribution in [2.45, 2.75) is 6.42 Å². The number of hydrogen-bond acceptors (Lipinski definition) is 5. The molecule has 0 radical (unpaired) electrons. The zero-order valence-electron chi connectivity index (χ0n) is 16.6. The summed E-state index contributed by atoms with van der Waals surface area (Å²) in [6.45, 7) is 4.92. The molecule has 1 saturated heterocycles. The van der Waals surface area contributed by atoms with E-state index in [1.807, 2.05) is 32.3 Å². The smallest absolute Gasteiger partial charge is 0.252 e. The molecule has 1 aromatic carbocycles. The third-order valence-electron chi connectivity index (χ3n) is 4.89. The minimum absolute atomic E-state index is 0.0851. The Balaban J connectivity index is 1.54. The first-order valence-corrected chi connectivity index (χ1v) is 9.66. The van der Waals surface area contributed by atoms with Gasteiger partial charge in [0.2, 0.25) is 0 Å². The molecule has 1 aromatic heterocycles. The number of piperazine rings is 1. The van der Waals surface area contributed by atoms with E-state index in [2.05, 4.69) is 25.0 Å². The minimum atomic E-state index is -0.217. The van der Waals surface area contributed by atoms with Crippen LogP contribution in [0.15, 0.2) is 42.7 Å². The second-order valence-corrected chi connectivity index (χ2v) is 7.30. The minimum Gasteiger partial charge on any atom is -0.368 e. The first-order chi connectivity index (χ1) is 13.5. The van der Waals surface area contributed by atoms with Crippen LogP contribution in [-0.2, 0) is 0 Å². The van der Waals surface area contributed by atoms with Crippen molar-refractivity contribution >= 4 is 17.3 Å². The van der Waals surface area contributed by atoms with Crippen molar-refractivity contribution in [2.24, 2.45) is 0 Å². The van der Waals surface area contributed by atoms with Crippen LogP contribution in [-0.4, -0.2) is 69.2 Å². The number of hydrogen-bond donors (Lipinski definition) is 1. The van der Waals surface area contributed by atoms with Gasteiger partial charge in [-0.25, -0.2) is 4.39 Å². The molecule has 1 amide bonds. The highest BCUT2D eigenvalue weighted by molar-refractivity contribution is 5.94. The van der Waals surface area contributed by atoms with Gasteiger partial charge in [-0.3, -0.25) is 9.78 Å². The van der Waals surface area contributed by atoms with Crippen molar-refractivity contribution < 1.29 is 9.18 Å². The van der Waals surface area contributed by atoms with Crippen molar-refractivity contribution in [3.8, 4) is 0 Å². The van der Waals surface area contributed by atoms with Crippen molar-refractivity contribution in [2.75, 3.05) is 63.2 Å². The van der Waals surface area contributed by atoms with Gasteiger partial charge in [-0.15, -0.1) is 0 Å². The molecule has 0 atom stereocenters. The van der Waals surface area contributed by atoms with Gasteiger partial charge in [-0.05, 0) is 57.4 Å². The maximum Gasteiger partial charge on any atom is 0.252 e. The van der Waals surface area contributed by atoms with E-state index in [4.69, 9.17) is 0 Å². The molecule has 150 valence electrons. The van der Waals surface area contributed by atoms with E-state index in [0.29, 0.717) is 12.1 Å². The molecule has 1 fully saturated rings. The lowest BCUT2D eigenvalue weighted by Crippen LogP contribution is -2.46. The molecular formula is C21H28FN5O. The predicted octanol–water partition coefficient (Wildman–Crippen LogP) is 2.23. The Labute approximate surface area is 166 Å². The van der Waals surface area contributed by atoms with Gasteiger partial charge < -0.3 is 20.0 Å². The molecule has 1 aliphatic rings. The maximum absolute atomic E-state index is 13.1. The first kappa shape index (κ1) is 20.1. The largest absolute Gasteiger partial charge is 0.368 e. The van der Waals surface area contributed by atoms with Crippen LogP contribution in [0.5, 0.6) is 0 Å². The Morgan fingerprint density at radius 1 is 1.07 bits per heavy atom. The summed E-state index contributed by atoms with van der Waals surface area (Å²) in [6.07, 6.45) is 4.33. The van der Waals surface area contributed by atoms with E-state index in [-0.39, 0.29) is 11.7 Å². The zero-order chi connectivity index (χ0) is 19.9. The van der Waals surface area contributed by atoms with E-state index >= 15 is 0 Å². The standard InChI is InChI=1S/C21H28FN5O/c1-25(2)9-3-8-24-21(28)17-14-20(16-23-15-17)27-12-10-26(11-13-27)19-6-4-18(22)5-7-19/h4-7,14-16H,3,8-13H2,1-2H3,(H,24,28). The van der Waals surface area contributed by atoms with Gasteiger partial charge in [-0.1, -0.05) is 0 Å². The third-order valence-corrected chi connectivity index (χ3v) is 4.89. The number of halogens is 1. The third kappa shape index (κ3) is 5.42. The molecule has 2 aromatic rings. The summed E-state index contributed by atoms with van der Waals surface area (Å²) in [7, 11) is 4.04. The molecule has 7 heteroatoms. The van der Waals surface area contributed by atoms with Crippen LogP contribution in [0.3, 0.4) is 0 Å². The molecule has 28 heavy (non-hydrogen) atoms. The fraction of sp³-hybridized carbons (Fsp3) is 0.429. The van der Waals surface area contributed by atoms with Crippen LogP contribution in [0.25, 0.3) is 0 Å². The number of amides is 1. The van der Waals surface area contributed by atoms with Crippen LogP contribution in [0.1, 0.15) is 16.8 Å². The summed E-state index contributed by atoms with van der Waals surface area (Å²) in [4.78, 5) is 23.2. The Morgan fingerprint density at radius 3 is 2.36 bits per heavy atom. The lowest BCUT2D eigenvalue weighted by atomic mass is 10.2. The van der Waals surface area contributed by atoms with Crippen molar-refractivity contribution in [1.82, 2.24) is 15.2 Å². The number of nitrogens with one attached hydrogen (secondary N) is 1. The topological polar surface area (TPSA) is 51.7 Å². The number of carbonyl (C=O) groups excluding carboxylic acids is 1. The average Bonchev–Trinajstić information content (AvgIpc) is 2.72. The molecule has 0 spiro atoms. The van der Waals surface area contributed by atoms with Gasteiger partial charge in [0.25, 0.3) is 5.91 Å². The Morgan fingerprint density at radius 2 is 1.71 bits per heavy atom. The summed E-state index contributed by atoms with van der Waals surface area (Å²) < 4.78 is 13.1.